The number of halogens is 1. The predicted molar refractivity (Wildman–Crippen MR) is 100.0 cm³/mol. The van der Waals surface area contributed by atoms with Crippen LogP contribution in [0.1, 0.15) is 49.6 Å². The lowest BCUT2D eigenvalue weighted by molar-refractivity contribution is -0.154. The number of ether oxygens (including phenoxy) is 1. The Bertz CT molecular complexity index is 785. The van der Waals surface area contributed by atoms with Crippen LogP contribution in [0.3, 0.4) is 0 Å². The second kappa shape index (κ2) is 6.25. The molecule has 2 aromatic rings. The van der Waals surface area contributed by atoms with Crippen molar-refractivity contribution in [2.24, 2.45) is 5.41 Å². The maximum atomic E-state index is 11.7. The first-order valence-electron chi connectivity index (χ1n) is 8.09. The molecule has 0 unspecified atom stereocenters. The third-order valence-corrected chi connectivity index (χ3v) is 5.17. The van der Waals surface area contributed by atoms with Crippen LogP contribution in [0.4, 0.5) is 5.69 Å². The van der Waals surface area contributed by atoms with Crippen LogP contribution in [0.25, 0.3) is 0 Å². The lowest BCUT2D eigenvalue weighted by atomic mass is 9.70. The van der Waals surface area contributed by atoms with E-state index in [1.54, 1.807) is 0 Å². The molecule has 1 heterocycles. The van der Waals surface area contributed by atoms with Crippen LogP contribution in [-0.4, -0.2) is 5.97 Å². The van der Waals surface area contributed by atoms with Gasteiger partial charge in [0.05, 0.1) is 6.04 Å². The van der Waals surface area contributed by atoms with Crippen LogP contribution in [-0.2, 0) is 9.53 Å². The highest BCUT2D eigenvalue weighted by molar-refractivity contribution is 9.10. The number of hydrogen-bond acceptors (Lipinski definition) is 3. The van der Waals surface area contributed by atoms with E-state index in [1.165, 1.54) is 6.92 Å². The van der Waals surface area contributed by atoms with Crippen molar-refractivity contribution in [3.05, 3.63) is 63.6 Å². The molecule has 2 atom stereocenters. The fraction of sp³-hybridized carbons (Fsp3) is 0.350. The zero-order valence-electron chi connectivity index (χ0n) is 14.4. The van der Waals surface area contributed by atoms with E-state index in [0.29, 0.717) is 0 Å². The van der Waals surface area contributed by atoms with Gasteiger partial charge in [-0.2, -0.15) is 0 Å². The van der Waals surface area contributed by atoms with Gasteiger partial charge >= 0.3 is 5.97 Å². The number of aryl methyl sites for hydroxylation is 1. The van der Waals surface area contributed by atoms with Crippen LogP contribution in [0.15, 0.2) is 46.9 Å². The summed E-state index contributed by atoms with van der Waals surface area (Å²) >= 11 is 3.55. The molecule has 0 amide bonds. The Kier molecular flexibility index (Phi) is 4.43. The van der Waals surface area contributed by atoms with Gasteiger partial charge in [-0.1, -0.05) is 59.6 Å². The lowest BCUT2D eigenvalue weighted by Gasteiger charge is -2.46. The fourth-order valence-corrected chi connectivity index (χ4v) is 3.92. The van der Waals surface area contributed by atoms with Crippen molar-refractivity contribution in [1.82, 2.24) is 0 Å². The van der Waals surface area contributed by atoms with Crippen LogP contribution in [0.2, 0.25) is 0 Å². The standard InChI is InChI=1S/C20H22BrNO2/c1-12-8-9-17-16(10-12)19(24-13(2)23)20(3,4)18(22-17)14-6-5-7-15(21)11-14/h5-11,18-19,22H,1-4H3/t18-,19+/m0/s1. The number of carbonyl (C=O) groups is 1. The quantitative estimate of drug-likeness (QED) is 0.685. The van der Waals surface area contributed by atoms with E-state index < -0.39 is 0 Å². The zero-order valence-corrected chi connectivity index (χ0v) is 16.0. The lowest BCUT2D eigenvalue weighted by Crippen LogP contribution is -2.40. The van der Waals surface area contributed by atoms with Crippen molar-refractivity contribution in [3.63, 3.8) is 0 Å². The zero-order chi connectivity index (χ0) is 17.5. The van der Waals surface area contributed by atoms with E-state index in [0.717, 1.165) is 26.9 Å². The van der Waals surface area contributed by atoms with Gasteiger partial charge in [0, 0.05) is 28.1 Å². The smallest absolute Gasteiger partial charge is 0.303 e. The maximum absolute atomic E-state index is 11.7. The first-order chi connectivity index (χ1) is 11.3. The summed E-state index contributed by atoms with van der Waals surface area (Å²) in [7, 11) is 0. The largest absolute Gasteiger partial charge is 0.457 e. The van der Waals surface area contributed by atoms with E-state index in [4.69, 9.17) is 4.74 Å². The summed E-state index contributed by atoms with van der Waals surface area (Å²) in [5, 5.41) is 3.65. The molecule has 0 saturated carbocycles. The number of fused-ring (bicyclic) bond motifs is 1. The van der Waals surface area contributed by atoms with E-state index in [2.05, 4.69) is 72.3 Å². The Labute approximate surface area is 151 Å². The van der Waals surface area contributed by atoms with E-state index in [-0.39, 0.29) is 23.5 Å². The van der Waals surface area contributed by atoms with Gasteiger partial charge in [-0.25, -0.2) is 0 Å². The normalized spacial score (nSPS) is 21.5. The molecule has 1 aliphatic heterocycles. The Morgan fingerprint density at radius 3 is 2.62 bits per heavy atom. The molecule has 0 saturated heterocycles. The van der Waals surface area contributed by atoms with Gasteiger partial charge in [-0.15, -0.1) is 0 Å². The molecular weight excluding hydrogens is 366 g/mol. The third kappa shape index (κ3) is 3.07. The van der Waals surface area contributed by atoms with Gasteiger partial charge in [0.25, 0.3) is 0 Å². The van der Waals surface area contributed by atoms with Gasteiger partial charge in [-0.3, -0.25) is 4.79 Å². The summed E-state index contributed by atoms with van der Waals surface area (Å²) in [6.45, 7) is 7.81. The Hall–Kier alpha value is -1.81. The molecule has 0 aromatic heterocycles. The first-order valence-corrected chi connectivity index (χ1v) is 8.88. The molecule has 3 rings (SSSR count). The summed E-state index contributed by atoms with van der Waals surface area (Å²) < 4.78 is 6.82. The molecule has 1 aliphatic rings. The van der Waals surface area contributed by atoms with E-state index in [1.807, 2.05) is 12.1 Å². The number of rotatable bonds is 2. The highest BCUT2D eigenvalue weighted by Gasteiger charge is 2.46. The monoisotopic (exact) mass is 387 g/mol. The minimum Gasteiger partial charge on any atom is -0.457 e. The Morgan fingerprint density at radius 1 is 1.21 bits per heavy atom. The van der Waals surface area contributed by atoms with Crippen molar-refractivity contribution in [1.29, 1.82) is 0 Å². The van der Waals surface area contributed by atoms with Crippen LogP contribution in [0, 0.1) is 12.3 Å². The van der Waals surface area contributed by atoms with Gasteiger partial charge in [0.2, 0.25) is 0 Å². The molecule has 1 N–H and O–H groups in total. The summed E-state index contributed by atoms with van der Waals surface area (Å²) in [6.07, 6.45) is -0.296. The first kappa shape index (κ1) is 17.0. The van der Waals surface area contributed by atoms with Crippen molar-refractivity contribution in [2.45, 2.75) is 39.8 Å². The number of esters is 1. The SMILES string of the molecule is CC(=O)O[C@@H]1c2cc(C)ccc2N[C@@H](c2cccc(Br)c2)C1(C)C. The predicted octanol–water partition coefficient (Wildman–Crippen LogP) is 5.55. The summed E-state index contributed by atoms with van der Waals surface area (Å²) in [5.41, 5.74) is 4.09. The molecule has 0 bridgehead atoms. The molecule has 3 nitrogen and oxygen atoms in total. The summed E-state index contributed by atoms with van der Waals surface area (Å²) in [5.74, 6) is -0.254. The molecule has 126 valence electrons. The van der Waals surface area contributed by atoms with Gasteiger partial charge in [-0.05, 0) is 30.7 Å². The van der Waals surface area contributed by atoms with Crippen LogP contribution >= 0.6 is 15.9 Å². The number of hydrogen-bond donors (Lipinski definition) is 1. The number of benzene rings is 2. The van der Waals surface area contributed by atoms with Crippen LogP contribution < -0.4 is 5.32 Å². The average molecular weight is 388 g/mol. The minimum atomic E-state index is -0.298. The van der Waals surface area contributed by atoms with Gasteiger partial charge in [0.15, 0.2) is 0 Å². The van der Waals surface area contributed by atoms with E-state index >= 15 is 0 Å². The highest BCUT2D eigenvalue weighted by atomic mass is 79.9. The number of nitrogens with one attached hydrogen (secondary N) is 1. The molecule has 0 fully saturated rings. The summed E-state index contributed by atoms with van der Waals surface area (Å²) in [4.78, 5) is 11.7. The van der Waals surface area contributed by atoms with Crippen molar-refractivity contribution in [3.8, 4) is 0 Å². The molecule has 4 heteroatoms. The molecule has 0 aliphatic carbocycles. The van der Waals surface area contributed by atoms with Crippen molar-refractivity contribution in [2.75, 3.05) is 5.32 Å². The highest BCUT2D eigenvalue weighted by Crippen LogP contribution is 2.53. The molecule has 0 spiro atoms. The third-order valence-electron chi connectivity index (χ3n) is 4.67. The number of carbonyl (C=O) groups excluding carboxylic acids is 1. The molecule has 24 heavy (non-hydrogen) atoms. The van der Waals surface area contributed by atoms with Crippen molar-refractivity contribution >= 4 is 27.6 Å². The van der Waals surface area contributed by atoms with E-state index in [9.17, 15) is 4.79 Å². The average Bonchev–Trinajstić information content (AvgIpc) is 2.50. The second-order valence-electron chi connectivity index (χ2n) is 7.03. The summed E-state index contributed by atoms with van der Waals surface area (Å²) in [6, 6.07) is 14.6. The minimum absolute atomic E-state index is 0.0366. The molecular formula is C20H22BrNO2. The maximum Gasteiger partial charge on any atom is 0.303 e. The topological polar surface area (TPSA) is 38.3 Å². The van der Waals surface area contributed by atoms with Gasteiger partial charge in [0.1, 0.15) is 6.10 Å². The van der Waals surface area contributed by atoms with Gasteiger partial charge < -0.3 is 10.1 Å². The molecule has 2 aromatic carbocycles. The second-order valence-corrected chi connectivity index (χ2v) is 7.95. The Balaban J connectivity index is 2.13. The number of anilines is 1. The Morgan fingerprint density at radius 2 is 1.96 bits per heavy atom. The molecule has 0 radical (unpaired) electrons. The van der Waals surface area contributed by atoms with Crippen molar-refractivity contribution < 1.29 is 9.53 Å². The van der Waals surface area contributed by atoms with Crippen LogP contribution in [0.5, 0.6) is 0 Å². The fourth-order valence-electron chi connectivity index (χ4n) is 3.50.